The molecule has 2 heterocycles. The van der Waals surface area contributed by atoms with Crippen LogP contribution in [-0.2, 0) is 13.1 Å². The Bertz CT molecular complexity index is 343. The second kappa shape index (κ2) is 5.66. The highest BCUT2D eigenvalue weighted by Gasteiger charge is 2.16. The van der Waals surface area contributed by atoms with Gasteiger partial charge in [0.05, 0.1) is 11.4 Å². The fourth-order valence-corrected chi connectivity index (χ4v) is 3.08. The molecule has 0 aliphatic carbocycles. The summed E-state index contributed by atoms with van der Waals surface area (Å²) in [5.74, 6) is 1.23. The fraction of sp³-hybridized carbons (Fsp3) is 0.583. The van der Waals surface area contributed by atoms with E-state index in [9.17, 15) is 0 Å². The largest absolute Gasteiger partial charge is 0.325 e. The zero-order chi connectivity index (χ0) is 11.4. The smallest absolute Gasteiger partial charge is 0.0547 e. The van der Waals surface area contributed by atoms with Gasteiger partial charge in [0.15, 0.2) is 0 Å². The molecule has 0 aromatic carbocycles. The quantitative estimate of drug-likeness (QED) is 0.864. The number of thioether (sulfide) groups is 1. The Morgan fingerprint density at radius 2 is 2.31 bits per heavy atom. The molecule has 0 bridgehead atoms. The van der Waals surface area contributed by atoms with Crippen LogP contribution in [0.1, 0.15) is 18.3 Å². The van der Waals surface area contributed by atoms with Crippen molar-refractivity contribution in [2.75, 3.05) is 18.8 Å². The highest BCUT2D eigenvalue weighted by molar-refractivity contribution is 7.99. The third kappa shape index (κ3) is 3.20. The molecule has 2 N–H and O–H groups in total. The van der Waals surface area contributed by atoms with Crippen molar-refractivity contribution in [2.45, 2.75) is 25.3 Å². The Morgan fingerprint density at radius 3 is 3.06 bits per heavy atom. The lowest BCUT2D eigenvalue weighted by Gasteiger charge is -2.30. The maximum atomic E-state index is 5.59. The highest BCUT2D eigenvalue weighted by Crippen LogP contribution is 2.19. The minimum Gasteiger partial charge on any atom is -0.325 e. The summed E-state index contributed by atoms with van der Waals surface area (Å²) in [5.41, 5.74) is 7.72. The summed E-state index contributed by atoms with van der Waals surface area (Å²) in [6.45, 7) is 6.11. The van der Waals surface area contributed by atoms with Crippen molar-refractivity contribution >= 4 is 11.8 Å². The van der Waals surface area contributed by atoms with Crippen molar-refractivity contribution in [1.29, 1.82) is 0 Å². The molecule has 1 unspecified atom stereocenters. The molecule has 4 heteroatoms. The minimum atomic E-state index is 0.528. The predicted octanol–water partition coefficient (Wildman–Crippen LogP) is 1.48. The third-order valence-electron chi connectivity index (χ3n) is 2.78. The first-order valence-corrected chi connectivity index (χ1v) is 6.81. The molecule has 1 aliphatic rings. The van der Waals surface area contributed by atoms with Crippen LogP contribution in [0.5, 0.6) is 0 Å². The number of nitrogens with zero attached hydrogens (tertiary/aromatic N) is 2. The molecule has 1 fully saturated rings. The maximum Gasteiger partial charge on any atom is 0.0547 e. The second-order valence-corrected chi connectivity index (χ2v) is 5.79. The van der Waals surface area contributed by atoms with Gasteiger partial charge in [-0.05, 0) is 12.1 Å². The number of aromatic nitrogens is 1. The molecule has 1 aliphatic heterocycles. The van der Waals surface area contributed by atoms with Crippen LogP contribution in [0.25, 0.3) is 0 Å². The molecule has 3 nitrogen and oxygen atoms in total. The van der Waals surface area contributed by atoms with Crippen molar-refractivity contribution in [3.63, 3.8) is 0 Å². The van der Waals surface area contributed by atoms with Crippen molar-refractivity contribution < 1.29 is 0 Å². The average molecular weight is 237 g/mol. The van der Waals surface area contributed by atoms with Gasteiger partial charge in [-0.3, -0.25) is 9.88 Å². The first-order chi connectivity index (χ1) is 7.78. The first-order valence-electron chi connectivity index (χ1n) is 5.77. The van der Waals surface area contributed by atoms with Crippen LogP contribution in [0.4, 0.5) is 0 Å². The molecule has 88 valence electrons. The molecule has 0 spiro atoms. The summed E-state index contributed by atoms with van der Waals surface area (Å²) in [4.78, 5) is 7.01. The van der Waals surface area contributed by atoms with Gasteiger partial charge in [-0.2, -0.15) is 11.8 Å². The topological polar surface area (TPSA) is 42.1 Å². The van der Waals surface area contributed by atoms with Crippen molar-refractivity contribution in [3.8, 4) is 0 Å². The van der Waals surface area contributed by atoms with Crippen LogP contribution >= 0.6 is 11.8 Å². The lowest BCUT2D eigenvalue weighted by atomic mass is 10.2. The molecular weight excluding hydrogens is 218 g/mol. The van der Waals surface area contributed by atoms with E-state index in [0.29, 0.717) is 6.54 Å². The van der Waals surface area contributed by atoms with E-state index in [1.165, 1.54) is 18.8 Å². The van der Waals surface area contributed by atoms with Gasteiger partial charge in [-0.15, -0.1) is 0 Å². The summed E-state index contributed by atoms with van der Waals surface area (Å²) < 4.78 is 0. The molecule has 1 atom stereocenters. The normalized spacial score (nSPS) is 22.2. The van der Waals surface area contributed by atoms with E-state index in [0.717, 1.165) is 23.2 Å². The summed E-state index contributed by atoms with van der Waals surface area (Å²) in [7, 11) is 0. The van der Waals surface area contributed by atoms with Crippen molar-refractivity contribution in [1.82, 2.24) is 9.88 Å². The number of rotatable bonds is 3. The summed E-state index contributed by atoms with van der Waals surface area (Å²) >= 11 is 2.06. The van der Waals surface area contributed by atoms with Crippen LogP contribution in [-0.4, -0.2) is 34.0 Å². The lowest BCUT2D eigenvalue weighted by Crippen LogP contribution is -2.36. The van der Waals surface area contributed by atoms with Crippen LogP contribution in [0.3, 0.4) is 0 Å². The van der Waals surface area contributed by atoms with Gasteiger partial charge in [0.2, 0.25) is 0 Å². The highest BCUT2D eigenvalue weighted by atomic mass is 32.2. The summed E-state index contributed by atoms with van der Waals surface area (Å²) in [6, 6.07) is 6.12. The molecule has 0 saturated carbocycles. The SMILES string of the molecule is CC1CN(Cc2cccc(CN)n2)CCS1. The van der Waals surface area contributed by atoms with E-state index >= 15 is 0 Å². The van der Waals surface area contributed by atoms with E-state index in [1.807, 2.05) is 12.1 Å². The number of pyridine rings is 1. The van der Waals surface area contributed by atoms with E-state index < -0.39 is 0 Å². The predicted molar refractivity (Wildman–Crippen MR) is 69.3 cm³/mol. The van der Waals surface area contributed by atoms with Crippen LogP contribution < -0.4 is 5.73 Å². The standard InChI is InChI=1S/C12H19N3S/c1-10-8-15(5-6-16-10)9-12-4-2-3-11(7-13)14-12/h2-4,10H,5-9,13H2,1H3. The molecular formula is C12H19N3S. The molecule has 2 rings (SSSR count). The van der Waals surface area contributed by atoms with E-state index in [1.54, 1.807) is 0 Å². The number of hydrogen-bond acceptors (Lipinski definition) is 4. The van der Waals surface area contributed by atoms with Gasteiger partial charge in [-0.25, -0.2) is 0 Å². The van der Waals surface area contributed by atoms with Gasteiger partial charge in [0.1, 0.15) is 0 Å². The summed E-state index contributed by atoms with van der Waals surface area (Å²) in [6.07, 6.45) is 0. The zero-order valence-electron chi connectivity index (χ0n) is 9.72. The van der Waals surface area contributed by atoms with Crippen molar-refractivity contribution in [2.24, 2.45) is 5.73 Å². The van der Waals surface area contributed by atoms with E-state index in [4.69, 9.17) is 5.73 Å². The van der Waals surface area contributed by atoms with E-state index in [2.05, 4.69) is 34.6 Å². The number of hydrogen-bond donors (Lipinski definition) is 1. The molecule has 1 aromatic rings. The zero-order valence-corrected chi connectivity index (χ0v) is 10.5. The molecule has 1 aromatic heterocycles. The molecule has 1 saturated heterocycles. The van der Waals surface area contributed by atoms with Gasteiger partial charge in [0.25, 0.3) is 0 Å². The van der Waals surface area contributed by atoms with Crippen LogP contribution in [0, 0.1) is 0 Å². The van der Waals surface area contributed by atoms with Gasteiger partial charge in [0, 0.05) is 37.2 Å². The average Bonchev–Trinajstić information content (AvgIpc) is 2.29. The monoisotopic (exact) mass is 237 g/mol. The first kappa shape index (κ1) is 11.9. The second-order valence-electron chi connectivity index (χ2n) is 4.24. The Balaban J connectivity index is 1.97. The van der Waals surface area contributed by atoms with Crippen LogP contribution in [0.2, 0.25) is 0 Å². The molecule has 16 heavy (non-hydrogen) atoms. The minimum absolute atomic E-state index is 0.528. The molecule has 0 radical (unpaired) electrons. The lowest BCUT2D eigenvalue weighted by molar-refractivity contribution is 0.275. The summed E-state index contributed by atoms with van der Waals surface area (Å²) in [5, 5.41) is 0.742. The molecule has 0 amide bonds. The van der Waals surface area contributed by atoms with Crippen LogP contribution in [0.15, 0.2) is 18.2 Å². The van der Waals surface area contributed by atoms with Gasteiger partial charge in [-0.1, -0.05) is 13.0 Å². The van der Waals surface area contributed by atoms with Gasteiger partial charge >= 0.3 is 0 Å². The number of nitrogens with two attached hydrogens (primary N) is 1. The Morgan fingerprint density at radius 1 is 1.50 bits per heavy atom. The third-order valence-corrected chi connectivity index (χ3v) is 3.92. The Hall–Kier alpha value is -0.580. The Labute approximate surface area is 101 Å². The Kier molecular flexibility index (Phi) is 4.21. The van der Waals surface area contributed by atoms with Gasteiger partial charge < -0.3 is 5.73 Å². The van der Waals surface area contributed by atoms with E-state index in [-0.39, 0.29) is 0 Å². The van der Waals surface area contributed by atoms with Crippen molar-refractivity contribution in [3.05, 3.63) is 29.6 Å². The fourth-order valence-electron chi connectivity index (χ4n) is 1.99. The maximum absolute atomic E-state index is 5.59.